The van der Waals surface area contributed by atoms with Gasteiger partial charge in [-0.1, -0.05) is 0 Å². The van der Waals surface area contributed by atoms with Gasteiger partial charge >= 0.3 is 12.0 Å². The number of amides is 3. The van der Waals surface area contributed by atoms with Crippen molar-refractivity contribution in [2.24, 2.45) is 0 Å². The van der Waals surface area contributed by atoms with Gasteiger partial charge in [0.25, 0.3) is 0 Å². The van der Waals surface area contributed by atoms with Crippen LogP contribution in [0.25, 0.3) is 0 Å². The minimum absolute atomic E-state index is 0.00323. The molecule has 1 rings (SSSR count). The second-order valence-corrected chi connectivity index (χ2v) is 6.98. The number of imide groups is 1. The van der Waals surface area contributed by atoms with Crippen LogP contribution in [0, 0.1) is 0 Å². The molecule has 0 aromatic carbocycles. The average Bonchev–Trinajstić information content (AvgIpc) is 2.49. The van der Waals surface area contributed by atoms with Crippen molar-refractivity contribution < 1.29 is 27.9 Å². The van der Waals surface area contributed by atoms with Crippen LogP contribution in [0.5, 0.6) is 0 Å². The van der Waals surface area contributed by atoms with Gasteiger partial charge in [-0.2, -0.15) is 0 Å². The Morgan fingerprint density at radius 3 is 2.37 bits per heavy atom. The third-order valence-corrected chi connectivity index (χ3v) is 4.64. The summed E-state index contributed by atoms with van der Waals surface area (Å²) in [5.41, 5.74) is -0.893. The first-order valence-electron chi connectivity index (χ1n) is 5.66. The van der Waals surface area contributed by atoms with Gasteiger partial charge in [-0.15, -0.1) is 0 Å². The molecule has 0 spiro atoms. The third-order valence-electron chi connectivity index (χ3n) is 2.74. The molecule has 1 aliphatic rings. The molecule has 3 N–H and O–H groups in total. The summed E-state index contributed by atoms with van der Waals surface area (Å²) < 4.78 is 22.6. The van der Waals surface area contributed by atoms with E-state index in [2.05, 4.69) is 5.32 Å². The van der Waals surface area contributed by atoms with Crippen molar-refractivity contribution in [2.45, 2.75) is 31.7 Å². The van der Waals surface area contributed by atoms with Gasteiger partial charge in [-0.3, -0.25) is 14.9 Å². The normalized spacial score (nSPS) is 24.7. The molecular weight excluding hydrogens is 276 g/mol. The zero-order chi connectivity index (χ0) is 14.7. The Morgan fingerprint density at radius 1 is 1.26 bits per heavy atom. The van der Waals surface area contributed by atoms with E-state index in [-0.39, 0.29) is 30.8 Å². The minimum Gasteiger partial charge on any atom is -0.481 e. The summed E-state index contributed by atoms with van der Waals surface area (Å²) in [4.78, 5) is 32.9. The number of rotatable bonds is 4. The highest BCUT2D eigenvalue weighted by atomic mass is 32.2. The van der Waals surface area contributed by atoms with Crippen LogP contribution in [0.1, 0.15) is 26.2 Å². The van der Waals surface area contributed by atoms with E-state index in [1.54, 1.807) is 6.92 Å². The number of hydrogen-bond donors (Lipinski definition) is 3. The molecule has 0 bridgehead atoms. The van der Waals surface area contributed by atoms with E-state index in [9.17, 15) is 22.8 Å². The van der Waals surface area contributed by atoms with Crippen molar-refractivity contribution in [3.63, 3.8) is 0 Å². The predicted octanol–water partition coefficient (Wildman–Crippen LogP) is -0.746. The molecule has 3 amide bonds. The van der Waals surface area contributed by atoms with Gasteiger partial charge in [0.2, 0.25) is 5.91 Å². The SMILES string of the molecule is CC1(NC(=O)NC(=O)CCC(=O)O)CCS(=O)(=O)C1. The molecule has 1 atom stereocenters. The molecule has 1 heterocycles. The number of carbonyl (C=O) groups is 3. The lowest BCUT2D eigenvalue weighted by molar-refractivity contribution is -0.138. The fraction of sp³-hybridized carbons (Fsp3) is 0.700. The van der Waals surface area contributed by atoms with Crippen molar-refractivity contribution in [3.05, 3.63) is 0 Å². The molecule has 1 unspecified atom stereocenters. The van der Waals surface area contributed by atoms with Crippen LogP contribution in [-0.2, 0) is 19.4 Å². The van der Waals surface area contributed by atoms with Gasteiger partial charge in [0.15, 0.2) is 9.84 Å². The molecule has 1 saturated heterocycles. The van der Waals surface area contributed by atoms with Gasteiger partial charge in [-0.05, 0) is 13.3 Å². The maximum atomic E-state index is 11.5. The maximum absolute atomic E-state index is 11.5. The van der Waals surface area contributed by atoms with E-state index in [0.717, 1.165) is 0 Å². The topological polar surface area (TPSA) is 130 Å². The van der Waals surface area contributed by atoms with E-state index in [4.69, 9.17) is 5.11 Å². The maximum Gasteiger partial charge on any atom is 0.321 e. The lowest BCUT2D eigenvalue weighted by atomic mass is 10.0. The zero-order valence-corrected chi connectivity index (χ0v) is 11.2. The number of nitrogens with one attached hydrogen (secondary N) is 2. The van der Waals surface area contributed by atoms with E-state index >= 15 is 0 Å². The van der Waals surface area contributed by atoms with Crippen LogP contribution in [0.2, 0.25) is 0 Å². The van der Waals surface area contributed by atoms with Crippen molar-refractivity contribution in [3.8, 4) is 0 Å². The Bertz CT molecular complexity index is 500. The Labute approximate surface area is 110 Å². The summed E-state index contributed by atoms with van der Waals surface area (Å²) in [6, 6.07) is -0.810. The Kier molecular flexibility index (Phi) is 4.51. The average molecular weight is 292 g/mol. The highest BCUT2D eigenvalue weighted by Crippen LogP contribution is 2.22. The van der Waals surface area contributed by atoms with E-state index in [0.29, 0.717) is 0 Å². The van der Waals surface area contributed by atoms with E-state index < -0.39 is 33.3 Å². The van der Waals surface area contributed by atoms with Crippen LogP contribution in [0.3, 0.4) is 0 Å². The molecule has 0 aromatic rings. The third kappa shape index (κ3) is 5.25. The fourth-order valence-corrected chi connectivity index (χ4v) is 3.92. The molecule has 0 aliphatic carbocycles. The summed E-state index contributed by atoms with van der Waals surface area (Å²) in [5.74, 6) is -2.03. The van der Waals surface area contributed by atoms with Gasteiger partial charge < -0.3 is 10.4 Å². The number of urea groups is 1. The molecular formula is C10H16N2O6S. The molecule has 108 valence electrons. The number of carboxylic acid groups (broad SMARTS) is 1. The van der Waals surface area contributed by atoms with Crippen LogP contribution in [-0.4, -0.2) is 48.5 Å². The Balaban J connectivity index is 2.43. The smallest absolute Gasteiger partial charge is 0.321 e. The van der Waals surface area contributed by atoms with Crippen molar-refractivity contribution >= 4 is 27.7 Å². The first-order chi connectivity index (χ1) is 8.62. The van der Waals surface area contributed by atoms with Gasteiger partial charge in [0.1, 0.15) is 0 Å². The van der Waals surface area contributed by atoms with Gasteiger partial charge in [0, 0.05) is 6.42 Å². The Hall–Kier alpha value is -1.64. The molecule has 19 heavy (non-hydrogen) atoms. The summed E-state index contributed by atoms with van der Waals surface area (Å²) in [5, 5.41) is 12.8. The summed E-state index contributed by atoms with van der Waals surface area (Å²) >= 11 is 0. The molecule has 9 heteroatoms. The largest absolute Gasteiger partial charge is 0.481 e. The van der Waals surface area contributed by atoms with Gasteiger partial charge in [0.05, 0.1) is 23.5 Å². The number of aliphatic carboxylic acids is 1. The summed E-state index contributed by atoms with van der Waals surface area (Å²) in [7, 11) is -3.15. The standard InChI is InChI=1S/C10H16N2O6S/c1-10(4-5-19(17,18)6-10)12-9(16)11-7(13)2-3-8(14)15/h2-6H2,1H3,(H,14,15)(H2,11,12,13,16). The highest BCUT2D eigenvalue weighted by Gasteiger charge is 2.39. The highest BCUT2D eigenvalue weighted by molar-refractivity contribution is 7.91. The zero-order valence-electron chi connectivity index (χ0n) is 10.4. The van der Waals surface area contributed by atoms with Crippen molar-refractivity contribution in [1.29, 1.82) is 0 Å². The lowest BCUT2D eigenvalue weighted by Gasteiger charge is -2.23. The van der Waals surface area contributed by atoms with E-state index in [1.807, 2.05) is 5.32 Å². The molecule has 1 fully saturated rings. The fourth-order valence-electron chi connectivity index (χ4n) is 1.82. The molecule has 1 aliphatic heterocycles. The number of carbonyl (C=O) groups excluding carboxylic acids is 2. The quantitative estimate of drug-likeness (QED) is 0.625. The monoisotopic (exact) mass is 292 g/mol. The lowest BCUT2D eigenvalue weighted by Crippen LogP contribution is -2.52. The van der Waals surface area contributed by atoms with Gasteiger partial charge in [-0.25, -0.2) is 13.2 Å². The number of carboxylic acids is 1. The first kappa shape index (κ1) is 15.4. The minimum atomic E-state index is -3.15. The molecule has 0 radical (unpaired) electrons. The van der Waals surface area contributed by atoms with Crippen molar-refractivity contribution in [1.82, 2.24) is 10.6 Å². The van der Waals surface area contributed by atoms with Crippen LogP contribution >= 0.6 is 0 Å². The Morgan fingerprint density at radius 2 is 1.89 bits per heavy atom. The summed E-state index contributed by atoms with van der Waals surface area (Å²) in [6.07, 6.45) is -0.394. The first-order valence-corrected chi connectivity index (χ1v) is 7.48. The molecule has 0 aromatic heterocycles. The number of sulfone groups is 1. The second kappa shape index (κ2) is 5.55. The van der Waals surface area contributed by atoms with E-state index in [1.165, 1.54) is 0 Å². The van der Waals surface area contributed by atoms with Crippen LogP contribution in [0.15, 0.2) is 0 Å². The van der Waals surface area contributed by atoms with Crippen molar-refractivity contribution in [2.75, 3.05) is 11.5 Å². The van der Waals surface area contributed by atoms with Crippen LogP contribution < -0.4 is 10.6 Å². The molecule has 0 saturated carbocycles. The number of hydrogen-bond acceptors (Lipinski definition) is 5. The van der Waals surface area contributed by atoms with Crippen LogP contribution in [0.4, 0.5) is 4.79 Å². The predicted molar refractivity (Wildman–Crippen MR) is 65.2 cm³/mol. The summed E-state index contributed by atoms with van der Waals surface area (Å²) in [6.45, 7) is 1.58. The second-order valence-electron chi connectivity index (χ2n) is 4.80. The molecule has 8 nitrogen and oxygen atoms in total.